The summed E-state index contributed by atoms with van der Waals surface area (Å²) in [6, 6.07) is 0.993. The van der Waals surface area contributed by atoms with Gasteiger partial charge in [0.1, 0.15) is 0 Å². The molecule has 0 amide bonds. The molecule has 0 aromatic heterocycles. The molecule has 0 radical (unpaired) electrons. The van der Waals surface area contributed by atoms with Crippen LogP contribution in [0.2, 0.25) is 6.04 Å². The van der Waals surface area contributed by atoms with Crippen LogP contribution in [0.1, 0.15) is 77.6 Å². The first-order valence-corrected chi connectivity index (χ1v) is 12.2. The molecule has 24 heavy (non-hydrogen) atoms. The maximum absolute atomic E-state index is 5.62. The van der Waals surface area contributed by atoms with Gasteiger partial charge in [-0.05, 0) is 49.4 Å². The lowest BCUT2D eigenvalue weighted by Crippen LogP contribution is -2.45. The van der Waals surface area contributed by atoms with Crippen LogP contribution in [0, 0.1) is 23.7 Å². The molecule has 0 bridgehead atoms. The lowest BCUT2D eigenvalue weighted by Gasteiger charge is -2.39. The fraction of sp³-hybridized carbons (Fsp3) is 1.00. The summed E-state index contributed by atoms with van der Waals surface area (Å²) in [6.07, 6.45) is 15.8. The van der Waals surface area contributed by atoms with Gasteiger partial charge < -0.3 is 13.3 Å². The van der Waals surface area contributed by atoms with E-state index in [-0.39, 0.29) is 0 Å². The molecular weight excluding hydrogens is 316 g/mol. The second kappa shape index (κ2) is 10.3. The van der Waals surface area contributed by atoms with Crippen molar-refractivity contribution in [2.24, 2.45) is 23.7 Å². The van der Waals surface area contributed by atoms with Crippen molar-refractivity contribution in [3.63, 3.8) is 0 Å². The van der Waals surface area contributed by atoms with E-state index in [0.717, 1.165) is 29.7 Å². The van der Waals surface area contributed by atoms with E-state index in [1.165, 1.54) is 70.6 Å². The van der Waals surface area contributed by atoms with E-state index < -0.39 is 8.80 Å². The predicted octanol–water partition coefficient (Wildman–Crippen LogP) is 5.67. The Balaban J connectivity index is 1.71. The molecule has 0 aliphatic heterocycles. The summed E-state index contributed by atoms with van der Waals surface area (Å²) in [7, 11) is 2.83. The van der Waals surface area contributed by atoms with Crippen LogP contribution >= 0.6 is 0 Å². The summed E-state index contributed by atoms with van der Waals surface area (Å²) in [5, 5.41) is 0. The smallest absolute Gasteiger partial charge is 0.377 e. The number of hydrogen-bond donors (Lipinski definition) is 0. The SMILES string of the molecule is CCCCC1CCC(C2CCC(C[Si](OC)(OC)OC)CC2)CC1. The van der Waals surface area contributed by atoms with Crippen LogP contribution in [0.3, 0.4) is 0 Å². The first-order chi connectivity index (χ1) is 11.7. The Morgan fingerprint density at radius 3 is 1.58 bits per heavy atom. The third-order valence-corrected chi connectivity index (χ3v) is 9.83. The Morgan fingerprint density at radius 2 is 1.17 bits per heavy atom. The van der Waals surface area contributed by atoms with Gasteiger partial charge in [-0.15, -0.1) is 0 Å². The monoisotopic (exact) mass is 356 g/mol. The van der Waals surface area contributed by atoms with E-state index in [1.54, 1.807) is 21.3 Å². The topological polar surface area (TPSA) is 27.7 Å². The lowest BCUT2D eigenvalue weighted by atomic mass is 9.69. The summed E-state index contributed by atoms with van der Waals surface area (Å²) in [5.41, 5.74) is 0. The predicted molar refractivity (Wildman–Crippen MR) is 102 cm³/mol. The molecule has 2 rings (SSSR count). The van der Waals surface area contributed by atoms with Gasteiger partial charge in [0.15, 0.2) is 0 Å². The number of hydrogen-bond acceptors (Lipinski definition) is 3. The first kappa shape index (κ1) is 20.4. The Hall–Kier alpha value is 0.0969. The Kier molecular flexibility index (Phi) is 8.76. The van der Waals surface area contributed by atoms with Crippen LogP contribution in [0.25, 0.3) is 0 Å². The molecule has 0 atom stereocenters. The average molecular weight is 357 g/mol. The van der Waals surface area contributed by atoms with Crippen molar-refractivity contribution in [2.75, 3.05) is 21.3 Å². The van der Waals surface area contributed by atoms with Gasteiger partial charge in [-0.25, -0.2) is 0 Å². The Bertz CT molecular complexity index is 322. The molecule has 0 heterocycles. The minimum absolute atomic E-state index is 0.730. The van der Waals surface area contributed by atoms with Crippen molar-refractivity contribution >= 4 is 8.80 Å². The molecule has 3 nitrogen and oxygen atoms in total. The van der Waals surface area contributed by atoms with Crippen molar-refractivity contribution in [2.45, 2.75) is 83.6 Å². The van der Waals surface area contributed by atoms with Gasteiger partial charge in [0.05, 0.1) is 0 Å². The van der Waals surface area contributed by atoms with Crippen LogP contribution in [0.15, 0.2) is 0 Å². The fourth-order valence-corrected chi connectivity index (χ4v) is 7.27. The van der Waals surface area contributed by atoms with Gasteiger partial charge in [-0.3, -0.25) is 0 Å². The third-order valence-electron chi connectivity index (χ3n) is 6.89. The Labute approximate surface area is 151 Å². The largest absolute Gasteiger partial charge is 0.500 e. The van der Waals surface area contributed by atoms with E-state index >= 15 is 0 Å². The van der Waals surface area contributed by atoms with Gasteiger partial charge in [-0.1, -0.05) is 51.9 Å². The van der Waals surface area contributed by atoms with Crippen molar-refractivity contribution in [3.05, 3.63) is 0 Å². The molecule has 0 aromatic carbocycles. The summed E-state index contributed by atoms with van der Waals surface area (Å²) < 4.78 is 16.9. The van der Waals surface area contributed by atoms with Crippen molar-refractivity contribution in [1.82, 2.24) is 0 Å². The van der Waals surface area contributed by atoms with Gasteiger partial charge in [0.2, 0.25) is 0 Å². The van der Waals surface area contributed by atoms with Gasteiger partial charge in [0.25, 0.3) is 0 Å². The van der Waals surface area contributed by atoms with Crippen LogP contribution in [-0.4, -0.2) is 30.1 Å². The van der Waals surface area contributed by atoms with E-state index in [1.807, 2.05) is 0 Å². The molecule has 4 heteroatoms. The van der Waals surface area contributed by atoms with E-state index in [4.69, 9.17) is 13.3 Å². The van der Waals surface area contributed by atoms with Crippen molar-refractivity contribution in [3.8, 4) is 0 Å². The standard InChI is InChI=1S/C20H40O3Si/c1-5-6-7-17-8-12-19(13-9-17)20-14-10-18(11-15-20)16-24(21-2,22-3)23-4/h17-20H,5-16H2,1-4H3. The van der Waals surface area contributed by atoms with Crippen LogP contribution in [0.5, 0.6) is 0 Å². The molecule has 0 saturated heterocycles. The summed E-state index contributed by atoms with van der Waals surface area (Å²) in [4.78, 5) is 0. The first-order valence-electron chi connectivity index (χ1n) is 10.3. The van der Waals surface area contributed by atoms with E-state index in [2.05, 4.69) is 6.92 Å². The maximum atomic E-state index is 5.62. The molecule has 2 aliphatic rings. The molecule has 2 saturated carbocycles. The van der Waals surface area contributed by atoms with Gasteiger partial charge in [-0.2, -0.15) is 0 Å². The number of unbranched alkanes of at least 4 members (excludes halogenated alkanes) is 1. The maximum Gasteiger partial charge on any atom is 0.500 e. The minimum atomic E-state index is -2.39. The molecule has 0 aromatic rings. The van der Waals surface area contributed by atoms with Crippen molar-refractivity contribution < 1.29 is 13.3 Å². The minimum Gasteiger partial charge on any atom is -0.377 e. The highest BCUT2D eigenvalue weighted by molar-refractivity contribution is 6.60. The zero-order valence-corrected chi connectivity index (χ0v) is 17.5. The second-order valence-electron chi connectivity index (χ2n) is 8.20. The highest BCUT2D eigenvalue weighted by atomic mass is 28.4. The van der Waals surface area contributed by atoms with Crippen LogP contribution in [-0.2, 0) is 13.3 Å². The quantitative estimate of drug-likeness (QED) is 0.498. The zero-order valence-electron chi connectivity index (χ0n) is 16.5. The molecule has 2 fully saturated rings. The van der Waals surface area contributed by atoms with Crippen LogP contribution in [0.4, 0.5) is 0 Å². The van der Waals surface area contributed by atoms with Gasteiger partial charge in [0, 0.05) is 27.4 Å². The summed E-state index contributed by atoms with van der Waals surface area (Å²) in [5.74, 6) is 3.76. The molecular formula is C20H40O3Si. The second-order valence-corrected chi connectivity index (χ2v) is 11.2. The van der Waals surface area contributed by atoms with E-state index in [9.17, 15) is 0 Å². The number of rotatable bonds is 9. The summed E-state index contributed by atoms with van der Waals surface area (Å²) in [6.45, 7) is 2.32. The van der Waals surface area contributed by atoms with E-state index in [0.29, 0.717) is 0 Å². The highest BCUT2D eigenvalue weighted by Crippen LogP contribution is 2.43. The molecule has 0 N–H and O–H groups in total. The molecule has 0 spiro atoms. The van der Waals surface area contributed by atoms with Gasteiger partial charge >= 0.3 is 8.80 Å². The normalized spacial score (nSPS) is 32.0. The average Bonchev–Trinajstić information content (AvgIpc) is 2.65. The van der Waals surface area contributed by atoms with Crippen LogP contribution < -0.4 is 0 Å². The van der Waals surface area contributed by atoms with Crippen molar-refractivity contribution in [1.29, 1.82) is 0 Å². The summed E-state index contributed by atoms with van der Waals surface area (Å²) >= 11 is 0. The Morgan fingerprint density at radius 1 is 0.708 bits per heavy atom. The molecule has 142 valence electrons. The third kappa shape index (κ3) is 5.55. The molecule has 0 unspecified atom stereocenters. The highest BCUT2D eigenvalue weighted by Gasteiger charge is 2.42. The lowest BCUT2D eigenvalue weighted by molar-refractivity contribution is 0.105. The fourth-order valence-electron chi connectivity index (χ4n) is 5.16. The molecule has 2 aliphatic carbocycles. The zero-order chi connectivity index (χ0) is 17.4.